The van der Waals surface area contributed by atoms with Crippen molar-refractivity contribution >= 4 is 38.2 Å². The Hall–Kier alpha value is -2.27. The molecule has 0 bridgehead atoms. The van der Waals surface area contributed by atoms with Gasteiger partial charge in [-0.3, -0.25) is 0 Å². The quantitative estimate of drug-likeness (QED) is 0.412. The van der Waals surface area contributed by atoms with Crippen LogP contribution < -0.4 is 13.1 Å². The first kappa shape index (κ1) is 18.1. The maximum atomic E-state index is 6.82. The molecule has 0 spiro atoms. The van der Waals surface area contributed by atoms with Crippen molar-refractivity contribution in [2.45, 2.75) is 5.21 Å². The second kappa shape index (κ2) is 8.17. The van der Waals surface area contributed by atoms with E-state index in [9.17, 15) is 0 Å². The molecule has 27 heavy (non-hydrogen) atoms. The van der Waals surface area contributed by atoms with E-state index in [1.807, 2.05) is 12.1 Å². The van der Waals surface area contributed by atoms with Crippen molar-refractivity contribution in [2.75, 3.05) is 0 Å². The number of halogens is 1. The third-order valence-electron chi connectivity index (χ3n) is 5.18. The zero-order valence-electron chi connectivity index (χ0n) is 15.1. The van der Waals surface area contributed by atoms with Gasteiger partial charge in [0.25, 0.3) is 0 Å². The van der Waals surface area contributed by atoms with Crippen LogP contribution in [0.2, 0.25) is 5.02 Å². The van der Waals surface area contributed by atoms with Crippen LogP contribution >= 0.6 is 11.6 Å². The third kappa shape index (κ3) is 3.61. The van der Waals surface area contributed by atoms with Gasteiger partial charge in [-0.15, -0.1) is 0 Å². The molecular weight excluding hydrogens is 411 g/mol. The Bertz CT molecular complexity index is 958. The minimum atomic E-state index is -3.03. The molecule has 0 nitrogen and oxygen atoms in total. The summed E-state index contributed by atoms with van der Waals surface area (Å²) in [6, 6.07) is 41.2. The van der Waals surface area contributed by atoms with Crippen LogP contribution in [0.25, 0.3) is 0 Å². The van der Waals surface area contributed by atoms with Crippen molar-refractivity contribution < 1.29 is 0 Å². The molecule has 0 aliphatic rings. The van der Waals surface area contributed by atoms with Gasteiger partial charge in [0, 0.05) is 0 Å². The fourth-order valence-electron chi connectivity index (χ4n) is 3.93. The van der Waals surface area contributed by atoms with Crippen molar-refractivity contribution in [3.05, 3.63) is 126 Å². The second-order valence-corrected chi connectivity index (χ2v) is 15.3. The molecule has 0 saturated heterocycles. The van der Waals surface area contributed by atoms with Crippen LogP contribution in [0.15, 0.2) is 115 Å². The molecule has 134 valence electrons. The third-order valence-corrected chi connectivity index (χ3v) is 16.2. The number of rotatable bonds is 5. The molecule has 4 aromatic rings. The summed E-state index contributed by atoms with van der Waals surface area (Å²) in [6.07, 6.45) is 0. The van der Waals surface area contributed by atoms with E-state index in [2.05, 4.69) is 103 Å². The van der Waals surface area contributed by atoms with Gasteiger partial charge in [0.05, 0.1) is 0 Å². The average molecular weight is 433 g/mol. The molecule has 0 aromatic heterocycles. The van der Waals surface area contributed by atoms with Crippen LogP contribution in [-0.2, 0) is 5.21 Å². The fraction of sp³-hybridized carbons (Fsp3) is 0.0400. The van der Waals surface area contributed by atoms with Gasteiger partial charge in [0.15, 0.2) is 0 Å². The minimum absolute atomic E-state index is 0.876. The standard InChI is InChI=1S/C25H22AsCl/c27-25-19-11-10-18-24(25)26(22-14-6-2-7-15-22,23-16-8-3-9-17-23)20-21-12-4-1-5-13-21/h1-19,26H,20H2. The fourth-order valence-corrected chi connectivity index (χ4v) is 15.0. The van der Waals surface area contributed by atoms with E-state index in [1.165, 1.54) is 18.6 Å². The van der Waals surface area contributed by atoms with Crippen molar-refractivity contribution in [1.29, 1.82) is 0 Å². The predicted molar refractivity (Wildman–Crippen MR) is 121 cm³/mol. The van der Waals surface area contributed by atoms with Crippen molar-refractivity contribution in [3.8, 4) is 0 Å². The van der Waals surface area contributed by atoms with Gasteiger partial charge in [-0.1, -0.05) is 0 Å². The number of benzene rings is 4. The van der Waals surface area contributed by atoms with Gasteiger partial charge in [-0.05, 0) is 0 Å². The summed E-state index contributed by atoms with van der Waals surface area (Å²) in [4.78, 5) is 0. The normalized spacial score (nSPS) is 11.9. The molecule has 0 N–H and O–H groups in total. The van der Waals surface area contributed by atoms with Gasteiger partial charge in [0.2, 0.25) is 0 Å². The zero-order valence-corrected chi connectivity index (χ0v) is 17.9. The molecule has 4 aromatic carbocycles. The van der Waals surface area contributed by atoms with E-state index in [-0.39, 0.29) is 0 Å². The van der Waals surface area contributed by atoms with E-state index in [0.717, 1.165) is 10.2 Å². The predicted octanol–water partition coefficient (Wildman–Crippen LogP) is 4.32. The summed E-state index contributed by atoms with van der Waals surface area (Å²) in [6.45, 7) is 0. The molecule has 0 aliphatic carbocycles. The van der Waals surface area contributed by atoms with Gasteiger partial charge in [-0.25, -0.2) is 0 Å². The Balaban J connectivity index is 2.04. The molecular formula is C25H22AsCl. The van der Waals surface area contributed by atoms with Gasteiger partial charge in [-0.2, -0.15) is 0 Å². The molecule has 0 heterocycles. The van der Waals surface area contributed by atoms with Crippen molar-refractivity contribution in [2.24, 2.45) is 0 Å². The molecule has 0 amide bonds. The molecule has 0 saturated carbocycles. The first-order chi connectivity index (χ1) is 13.3. The molecule has 0 atom stereocenters. The zero-order chi connectivity index (χ0) is 18.5. The van der Waals surface area contributed by atoms with Crippen LogP contribution in [0.3, 0.4) is 0 Å². The molecule has 2 heteroatoms. The first-order valence-electron chi connectivity index (χ1n) is 9.21. The topological polar surface area (TPSA) is 0 Å². The average Bonchev–Trinajstić information content (AvgIpc) is 2.75. The maximum absolute atomic E-state index is 6.82. The summed E-state index contributed by atoms with van der Waals surface area (Å²) >= 11 is 3.79. The van der Waals surface area contributed by atoms with Crippen LogP contribution in [0.4, 0.5) is 0 Å². The number of hydrogen-bond donors (Lipinski definition) is 0. The molecule has 0 radical (unpaired) electrons. The summed E-state index contributed by atoms with van der Waals surface area (Å²) in [7, 11) is 0. The summed E-state index contributed by atoms with van der Waals surface area (Å²) < 4.78 is 4.18. The summed E-state index contributed by atoms with van der Waals surface area (Å²) in [5.41, 5.74) is 1.37. The molecule has 0 aliphatic heterocycles. The Morgan fingerprint density at radius 1 is 0.519 bits per heavy atom. The molecule has 0 unspecified atom stereocenters. The van der Waals surface area contributed by atoms with E-state index in [4.69, 9.17) is 11.6 Å². The Morgan fingerprint density at radius 2 is 0.963 bits per heavy atom. The monoisotopic (exact) mass is 432 g/mol. The van der Waals surface area contributed by atoms with Crippen molar-refractivity contribution in [1.82, 2.24) is 0 Å². The van der Waals surface area contributed by atoms with E-state index in [1.54, 1.807) is 0 Å². The van der Waals surface area contributed by atoms with E-state index < -0.39 is 13.6 Å². The van der Waals surface area contributed by atoms with E-state index in [0.29, 0.717) is 0 Å². The SMILES string of the molecule is Clc1ccccc1[AsH](Cc1ccccc1)(c1ccccc1)c1ccccc1. The Morgan fingerprint density at radius 3 is 1.48 bits per heavy atom. The van der Waals surface area contributed by atoms with Gasteiger partial charge in [0.1, 0.15) is 0 Å². The van der Waals surface area contributed by atoms with Crippen LogP contribution in [-0.4, -0.2) is 13.6 Å². The van der Waals surface area contributed by atoms with Crippen LogP contribution in [0.5, 0.6) is 0 Å². The van der Waals surface area contributed by atoms with Crippen molar-refractivity contribution in [3.63, 3.8) is 0 Å². The number of hydrogen-bond acceptors (Lipinski definition) is 0. The van der Waals surface area contributed by atoms with Crippen LogP contribution in [0.1, 0.15) is 5.56 Å². The Kier molecular flexibility index (Phi) is 5.48. The first-order valence-corrected chi connectivity index (χ1v) is 14.2. The molecule has 4 rings (SSSR count). The second-order valence-electron chi connectivity index (χ2n) is 6.78. The Labute approximate surface area is 168 Å². The summed E-state index contributed by atoms with van der Waals surface area (Å²) in [5, 5.41) is 1.90. The summed E-state index contributed by atoms with van der Waals surface area (Å²) in [5.74, 6) is 0. The van der Waals surface area contributed by atoms with Gasteiger partial charge < -0.3 is 0 Å². The van der Waals surface area contributed by atoms with E-state index >= 15 is 0 Å². The van der Waals surface area contributed by atoms with Crippen LogP contribution in [0, 0.1) is 0 Å². The molecule has 0 fully saturated rings. The van der Waals surface area contributed by atoms with Gasteiger partial charge >= 0.3 is 169 Å².